The molecular weight excluding hydrogens is 296 g/mol. The van der Waals surface area contributed by atoms with Crippen molar-refractivity contribution < 1.29 is 13.2 Å². The van der Waals surface area contributed by atoms with Crippen LogP contribution in [0.3, 0.4) is 0 Å². The van der Waals surface area contributed by atoms with Gasteiger partial charge in [-0.1, -0.05) is 30.3 Å². The molecule has 0 aliphatic heterocycles. The number of nitrogens with zero attached hydrogens (tertiary/aromatic N) is 1. The van der Waals surface area contributed by atoms with Crippen LogP contribution in [0, 0.1) is 6.92 Å². The topological polar surface area (TPSA) is 68.3 Å². The number of sulfonamides is 1. The van der Waals surface area contributed by atoms with E-state index in [9.17, 15) is 8.42 Å². The predicted octanol–water partition coefficient (Wildman–Crippen LogP) is 2.41. The van der Waals surface area contributed by atoms with E-state index < -0.39 is 10.0 Å². The minimum Gasteiger partial charge on any atom is -0.376 e. The summed E-state index contributed by atoms with van der Waals surface area (Å²) in [5, 5.41) is 2.19. The molecule has 0 atom stereocenters. The molecule has 0 aliphatic rings. The largest absolute Gasteiger partial charge is 0.376 e. The molecule has 0 saturated heterocycles. The summed E-state index contributed by atoms with van der Waals surface area (Å²) in [7, 11) is -3.40. The Morgan fingerprint density at radius 1 is 1.30 bits per heavy atom. The molecule has 0 amide bonds. The van der Waals surface area contributed by atoms with Gasteiger partial charge in [-0.05, 0) is 12.5 Å². The molecule has 0 radical (unpaired) electrons. The van der Waals surface area contributed by atoms with Crippen LogP contribution in [0.15, 0.2) is 35.7 Å². The van der Waals surface area contributed by atoms with Gasteiger partial charge in [0.05, 0.1) is 24.7 Å². The number of rotatable bonds is 7. The van der Waals surface area contributed by atoms with Gasteiger partial charge >= 0.3 is 0 Å². The number of benzene rings is 1. The first-order chi connectivity index (χ1) is 9.55. The van der Waals surface area contributed by atoms with Gasteiger partial charge in [-0.3, -0.25) is 4.72 Å². The van der Waals surface area contributed by atoms with Crippen LogP contribution in [-0.2, 0) is 21.4 Å². The first-order valence-electron chi connectivity index (χ1n) is 6.09. The van der Waals surface area contributed by atoms with Crippen molar-refractivity contribution in [1.82, 2.24) is 4.98 Å². The number of hydrogen-bond donors (Lipinski definition) is 1. The maximum Gasteiger partial charge on any atom is 0.236 e. The van der Waals surface area contributed by atoms with Crippen LogP contribution >= 0.6 is 11.3 Å². The summed E-state index contributed by atoms with van der Waals surface area (Å²) in [6.45, 7) is 2.37. The third kappa shape index (κ3) is 4.92. The molecule has 0 aliphatic carbocycles. The van der Waals surface area contributed by atoms with Crippen LogP contribution in [0.1, 0.15) is 11.3 Å². The van der Waals surface area contributed by atoms with E-state index in [0.717, 1.165) is 11.3 Å². The highest BCUT2D eigenvalue weighted by Gasteiger charge is 2.12. The Bertz CT molecular complexity index is 639. The van der Waals surface area contributed by atoms with Crippen molar-refractivity contribution >= 4 is 26.5 Å². The van der Waals surface area contributed by atoms with Gasteiger partial charge < -0.3 is 4.74 Å². The predicted molar refractivity (Wildman–Crippen MR) is 80.4 cm³/mol. The molecule has 1 aromatic heterocycles. The second kappa shape index (κ2) is 6.83. The highest BCUT2D eigenvalue weighted by molar-refractivity contribution is 7.92. The second-order valence-electron chi connectivity index (χ2n) is 4.25. The normalized spacial score (nSPS) is 11.4. The van der Waals surface area contributed by atoms with Gasteiger partial charge in [0.25, 0.3) is 0 Å². The maximum absolute atomic E-state index is 11.8. The van der Waals surface area contributed by atoms with Crippen LogP contribution in [0.25, 0.3) is 0 Å². The maximum atomic E-state index is 11.8. The molecule has 0 fully saturated rings. The quantitative estimate of drug-likeness (QED) is 0.797. The SMILES string of the molecule is Cc1csc(NS(=O)(=O)CCOCc2ccccc2)n1. The van der Waals surface area contributed by atoms with Crippen LogP contribution in [0.5, 0.6) is 0 Å². The Morgan fingerprint density at radius 2 is 2.05 bits per heavy atom. The fourth-order valence-corrected chi connectivity index (χ4v) is 3.37. The van der Waals surface area contributed by atoms with Gasteiger partial charge in [0.2, 0.25) is 10.0 Å². The number of nitrogens with one attached hydrogen (secondary N) is 1. The molecule has 2 rings (SSSR count). The molecule has 7 heteroatoms. The molecule has 0 saturated carbocycles. The minimum absolute atomic E-state index is 0.0849. The monoisotopic (exact) mass is 312 g/mol. The highest BCUT2D eigenvalue weighted by atomic mass is 32.2. The molecule has 108 valence electrons. The number of anilines is 1. The molecule has 0 unspecified atom stereocenters. The zero-order valence-electron chi connectivity index (χ0n) is 11.1. The van der Waals surface area contributed by atoms with Gasteiger partial charge in [-0.2, -0.15) is 0 Å². The Kier molecular flexibility index (Phi) is 5.11. The van der Waals surface area contributed by atoms with Crippen LogP contribution in [-0.4, -0.2) is 25.8 Å². The van der Waals surface area contributed by atoms with Gasteiger partial charge in [0.15, 0.2) is 5.13 Å². The summed E-state index contributed by atoms with van der Waals surface area (Å²) in [6.07, 6.45) is 0. The van der Waals surface area contributed by atoms with Gasteiger partial charge in [-0.15, -0.1) is 11.3 Å². The number of thiazole rings is 1. The third-order valence-electron chi connectivity index (χ3n) is 2.47. The first kappa shape index (κ1) is 15.0. The van der Waals surface area contributed by atoms with Crippen molar-refractivity contribution in [2.45, 2.75) is 13.5 Å². The Hall–Kier alpha value is -1.44. The van der Waals surface area contributed by atoms with Crippen LogP contribution < -0.4 is 4.72 Å². The Morgan fingerprint density at radius 3 is 2.70 bits per heavy atom. The van der Waals surface area contributed by atoms with Crippen molar-refractivity contribution in [3.63, 3.8) is 0 Å². The lowest BCUT2D eigenvalue weighted by atomic mass is 10.2. The van der Waals surface area contributed by atoms with E-state index in [1.165, 1.54) is 11.3 Å². The summed E-state index contributed by atoms with van der Waals surface area (Å²) in [5.74, 6) is -0.0849. The average molecular weight is 312 g/mol. The summed E-state index contributed by atoms with van der Waals surface area (Å²) in [6, 6.07) is 9.63. The lowest BCUT2D eigenvalue weighted by Crippen LogP contribution is -2.20. The number of ether oxygens (including phenoxy) is 1. The number of aryl methyl sites for hydroxylation is 1. The smallest absolute Gasteiger partial charge is 0.236 e. The van der Waals surface area contributed by atoms with Gasteiger partial charge in [-0.25, -0.2) is 13.4 Å². The molecular formula is C13H16N2O3S2. The van der Waals surface area contributed by atoms with E-state index in [1.54, 1.807) is 5.38 Å². The van der Waals surface area contributed by atoms with Gasteiger partial charge in [0, 0.05) is 5.38 Å². The number of aromatic nitrogens is 1. The van der Waals surface area contributed by atoms with Crippen LogP contribution in [0.4, 0.5) is 5.13 Å². The molecule has 0 spiro atoms. The molecule has 0 bridgehead atoms. The van der Waals surface area contributed by atoms with Gasteiger partial charge in [0.1, 0.15) is 0 Å². The second-order valence-corrected chi connectivity index (χ2v) is 6.95. The van der Waals surface area contributed by atoms with E-state index in [4.69, 9.17) is 4.74 Å². The van der Waals surface area contributed by atoms with Crippen molar-refractivity contribution in [3.8, 4) is 0 Å². The van der Waals surface area contributed by atoms with Crippen molar-refractivity contribution in [2.75, 3.05) is 17.1 Å². The average Bonchev–Trinajstić information content (AvgIpc) is 2.80. The Labute approximate surface area is 122 Å². The van der Waals surface area contributed by atoms with Crippen molar-refractivity contribution in [3.05, 3.63) is 47.0 Å². The molecule has 2 aromatic rings. The summed E-state index contributed by atoms with van der Waals surface area (Å²) in [5.41, 5.74) is 1.82. The van der Waals surface area contributed by atoms with E-state index in [0.29, 0.717) is 11.7 Å². The lowest BCUT2D eigenvalue weighted by Gasteiger charge is -2.06. The summed E-state index contributed by atoms with van der Waals surface area (Å²) >= 11 is 1.27. The van der Waals surface area contributed by atoms with E-state index >= 15 is 0 Å². The molecule has 20 heavy (non-hydrogen) atoms. The summed E-state index contributed by atoms with van der Waals surface area (Å²) in [4.78, 5) is 4.06. The first-order valence-corrected chi connectivity index (χ1v) is 8.63. The van der Waals surface area contributed by atoms with E-state index in [2.05, 4.69) is 9.71 Å². The van der Waals surface area contributed by atoms with Crippen molar-refractivity contribution in [1.29, 1.82) is 0 Å². The third-order valence-corrected chi connectivity index (χ3v) is 4.68. The standard InChI is InChI=1S/C13H16N2O3S2/c1-11-10-19-13(14-11)15-20(16,17)8-7-18-9-12-5-3-2-4-6-12/h2-6,10H,7-9H2,1H3,(H,14,15). The molecule has 1 heterocycles. The van der Waals surface area contributed by atoms with Crippen molar-refractivity contribution in [2.24, 2.45) is 0 Å². The number of hydrogen-bond acceptors (Lipinski definition) is 5. The molecule has 5 nitrogen and oxygen atoms in total. The van der Waals surface area contributed by atoms with E-state index in [-0.39, 0.29) is 12.4 Å². The highest BCUT2D eigenvalue weighted by Crippen LogP contribution is 2.15. The zero-order valence-corrected chi connectivity index (χ0v) is 12.7. The summed E-state index contributed by atoms with van der Waals surface area (Å²) < 4.78 is 31.4. The Balaban J connectivity index is 1.75. The molecule has 1 aromatic carbocycles. The fourth-order valence-electron chi connectivity index (χ4n) is 1.52. The lowest BCUT2D eigenvalue weighted by molar-refractivity contribution is 0.135. The molecule has 1 N–H and O–H groups in total. The van der Waals surface area contributed by atoms with E-state index in [1.807, 2.05) is 37.3 Å². The van der Waals surface area contributed by atoms with Crippen LogP contribution in [0.2, 0.25) is 0 Å². The zero-order chi connectivity index (χ0) is 14.4. The minimum atomic E-state index is -3.40. The fraction of sp³-hybridized carbons (Fsp3) is 0.308.